The number of fused-ring (bicyclic) bond motifs is 1. The van der Waals surface area contributed by atoms with Crippen molar-refractivity contribution < 1.29 is 13.6 Å². The first-order valence-electron chi connectivity index (χ1n) is 11.0. The number of hydrogen-bond donors (Lipinski definition) is 3. The van der Waals surface area contributed by atoms with Gasteiger partial charge in [0.2, 0.25) is 0 Å². The molecule has 0 aliphatic heterocycles. The largest absolute Gasteiger partial charge is 0.365 e. The highest BCUT2D eigenvalue weighted by atomic mass is 35.5. The number of hydrogen-bond acceptors (Lipinski definition) is 5. The number of H-pyrrole nitrogens is 1. The molecule has 7 nitrogen and oxygen atoms in total. The fourth-order valence-electron chi connectivity index (χ4n) is 4.34. The molecule has 0 spiro atoms. The highest BCUT2D eigenvalue weighted by Crippen LogP contribution is 2.31. The first-order chi connectivity index (χ1) is 16.5. The Labute approximate surface area is 199 Å². The van der Waals surface area contributed by atoms with Crippen LogP contribution in [-0.2, 0) is 0 Å². The van der Waals surface area contributed by atoms with Gasteiger partial charge in [-0.3, -0.25) is 9.78 Å². The lowest BCUT2D eigenvalue weighted by Crippen LogP contribution is -2.42. The van der Waals surface area contributed by atoms with E-state index < -0.39 is 11.6 Å². The Bertz CT molecular complexity index is 1350. The Hall–Kier alpha value is -3.59. The maximum atomic E-state index is 14.6. The number of rotatable bonds is 5. The van der Waals surface area contributed by atoms with Crippen LogP contribution in [0, 0.1) is 11.6 Å². The summed E-state index contributed by atoms with van der Waals surface area (Å²) in [5, 5.41) is 6.93. The number of pyridine rings is 1. The summed E-state index contributed by atoms with van der Waals surface area (Å²) in [7, 11) is 0. The first-order valence-corrected chi connectivity index (χ1v) is 11.3. The standard InChI is InChI=1S/C24H21ClF2N6O/c25-13-8-16-17(11-29-21(16)18(26)9-13)22-30-12-19(27)23(33-22)31-14-4-3-5-15(10-14)32-24(34)20-6-1-2-7-28-20/h1-2,6-9,11-12,14-15,29H,3-5,10H2,(H,32,34)(H,30,31,33)/t14-,15?/m0/s1. The molecule has 3 N–H and O–H groups in total. The Balaban J connectivity index is 1.33. The highest BCUT2D eigenvalue weighted by Gasteiger charge is 2.25. The van der Waals surface area contributed by atoms with Gasteiger partial charge in [-0.1, -0.05) is 17.7 Å². The maximum Gasteiger partial charge on any atom is 0.270 e. The Morgan fingerprint density at radius 3 is 2.79 bits per heavy atom. The average molecular weight is 483 g/mol. The zero-order chi connectivity index (χ0) is 23.7. The van der Waals surface area contributed by atoms with E-state index in [0.29, 0.717) is 23.1 Å². The van der Waals surface area contributed by atoms with Gasteiger partial charge < -0.3 is 15.6 Å². The molecule has 0 saturated heterocycles. The van der Waals surface area contributed by atoms with Crippen LogP contribution < -0.4 is 10.6 Å². The molecule has 2 atom stereocenters. The van der Waals surface area contributed by atoms with Gasteiger partial charge in [0.25, 0.3) is 5.91 Å². The molecule has 1 unspecified atom stereocenters. The quantitative estimate of drug-likeness (QED) is 0.367. The number of halogens is 3. The summed E-state index contributed by atoms with van der Waals surface area (Å²) in [5.74, 6) is -1.01. The van der Waals surface area contributed by atoms with Crippen molar-refractivity contribution in [1.82, 2.24) is 25.3 Å². The molecular weight excluding hydrogens is 462 g/mol. The highest BCUT2D eigenvalue weighted by molar-refractivity contribution is 6.31. The van der Waals surface area contributed by atoms with Crippen LogP contribution in [-0.4, -0.2) is 37.9 Å². The van der Waals surface area contributed by atoms with Crippen molar-refractivity contribution in [2.24, 2.45) is 0 Å². The molecule has 174 valence electrons. The SMILES string of the molecule is O=C(NC1CCC[C@H](Nc2nc(-c3c[nH]c4c(F)cc(Cl)cc34)ncc2F)C1)c1ccccn1. The third-order valence-electron chi connectivity index (χ3n) is 5.94. The van der Waals surface area contributed by atoms with Gasteiger partial charge in [-0.25, -0.2) is 18.7 Å². The van der Waals surface area contributed by atoms with Crippen LogP contribution >= 0.6 is 11.6 Å². The molecule has 34 heavy (non-hydrogen) atoms. The molecule has 5 rings (SSSR count). The molecule has 0 radical (unpaired) electrons. The van der Waals surface area contributed by atoms with Crippen LogP contribution in [0.15, 0.2) is 48.9 Å². The van der Waals surface area contributed by atoms with E-state index in [2.05, 4.69) is 30.6 Å². The number of aromatic nitrogens is 4. The van der Waals surface area contributed by atoms with Crippen molar-refractivity contribution in [2.75, 3.05) is 5.32 Å². The predicted molar refractivity (Wildman–Crippen MR) is 126 cm³/mol. The summed E-state index contributed by atoms with van der Waals surface area (Å²) in [4.78, 5) is 27.9. The minimum atomic E-state index is -0.590. The summed E-state index contributed by atoms with van der Waals surface area (Å²) < 4.78 is 28.8. The van der Waals surface area contributed by atoms with Crippen LogP contribution in [0.4, 0.5) is 14.6 Å². The van der Waals surface area contributed by atoms with Crippen LogP contribution in [0.5, 0.6) is 0 Å². The molecule has 1 aliphatic rings. The normalized spacial score (nSPS) is 18.1. The summed E-state index contributed by atoms with van der Waals surface area (Å²) >= 11 is 6.01. The summed E-state index contributed by atoms with van der Waals surface area (Å²) in [6.45, 7) is 0. The first kappa shape index (κ1) is 22.2. The lowest BCUT2D eigenvalue weighted by atomic mass is 9.91. The van der Waals surface area contributed by atoms with Gasteiger partial charge in [0, 0.05) is 40.4 Å². The molecule has 1 saturated carbocycles. The van der Waals surface area contributed by atoms with Gasteiger partial charge >= 0.3 is 0 Å². The monoisotopic (exact) mass is 482 g/mol. The van der Waals surface area contributed by atoms with Crippen molar-refractivity contribution in [3.05, 3.63) is 71.3 Å². The molecule has 3 heterocycles. The number of nitrogens with one attached hydrogen (secondary N) is 3. The summed E-state index contributed by atoms with van der Waals surface area (Å²) in [6, 6.07) is 7.85. The Morgan fingerprint density at radius 1 is 1.12 bits per heavy atom. The van der Waals surface area contributed by atoms with Gasteiger partial charge in [-0.05, 0) is 49.9 Å². The number of anilines is 1. The van der Waals surface area contributed by atoms with Crippen LogP contribution in [0.1, 0.15) is 36.2 Å². The third kappa shape index (κ3) is 4.56. The van der Waals surface area contributed by atoms with Crippen LogP contribution in [0.3, 0.4) is 0 Å². The predicted octanol–water partition coefficient (Wildman–Crippen LogP) is 5.10. The van der Waals surface area contributed by atoms with E-state index in [1.165, 1.54) is 6.07 Å². The van der Waals surface area contributed by atoms with E-state index in [0.717, 1.165) is 25.5 Å². The van der Waals surface area contributed by atoms with Crippen molar-refractivity contribution in [2.45, 2.75) is 37.8 Å². The maximum absolute atomic E-state index is 14.6. The molecule has 1 fully saturated rings. The third-order valence-corrected chi connectivity index (χ3v) is 6.16. The van der Waals surface area contributed by atoms with Gasteiger partial charge in [-0.2, -0.15) is 0 Å². The molecule has 3 aromatic heterocycles. The zero-order valence-electron chi connectivity index (χ0n) is 18.0. The molecular formula is C24H21ClF2N6O. The number of benzene rings is 1. The van der Waals surface area contributed by atoms with Crippen molar-refractivity contribution in [3.8, 4) is 11.4 Å². The molecule has 0 bridgehead atoms. The fraction of sp³-hybridized carbons (Fsp3) is 0.250. The topological polar surface area (TPSA) is 95.6 Å². The van der Waals surface area contributed by atoms with Crippen molar-refractivity contribution >= 4 is 34.2 Å². The Morgan fingerprint density at radius 2 is 1.97 bits per heavy atom. The lowest BCUT2D eigenvalue weighted by molar-refractivity contribution is 0.0921. The van der Waals surface area contributed by atoms with E-state index in [4.69, 9.17) is 11.6 Å². The van der Waals surface area contributed by atoms with Gasteiger partial charge in [0.15, 0.2) is 17.5 Å². The summed E-state index contributed by atoms with van der Waals surface area (Å²) in [5.41, 5.74) is 1.16. The van der Waals surface area contributed by atoms with Crippen LogP contribution in [0.2, 0.25) is 5.02 Å². The van der Waals surface area contributed by atoms with E-state index >= 15 is 0 Å². The van der Waals surface area contributed by atoms with E-state index in [9.17, 15) is 13.6 Å². The molecule has 10 heteroatoms. The molecule has 4 aromatic rings. The number of nitrogens with zero attached hydrogens (tertiary/aromatic N) is 3. The average Bonchev–Trinajstić information content (AvgIpc) is 3.25. The van der Waals surface area contributed by atoms with Gasteiger partial charge in [-0.15, -0.1) is 0 Å². The molecule has 1 aromatic carbocycles. The minimum absolute atomic E-state index is 0.0588. The molecule has 1 aliphatic carbocycles. The number of aromatic amines is 1. The van der Waals surface area contributed by atoms with E-state index in [1.54, 1.807) is 36.7 Å². The Kier molecular flexibility index (Phi) is 6.10. The second-order valence-corrected chi connectivity index (χ2v) is 8.73. The van der Waals surface area contributed by atoms with Crippen molar-refractivity contribution in [3.63, 3.8) is 0 Å². The van der Waals surface area contributed by atoms with E-state index in [-0.39, 0.29) is 40.2 Å². The minimum Gasteiger partial charge on any atom is -0.365 e. The molecule has 1 amide bonds. The van der Waals surface area contributed by atoms with Gasteiger partial charge in [0.05, 0.1) is 11.7 Å². The van der Waals surface area contributed by atoms with E-state index in [1.807, 2.05) is 0 Å². The smallest absolute Gasteiger partial charge is 0.270 e. The zero-order valence-corrected chi connectivity index (χ0v) is 18.7. The number of amides is 1. The second-order valence-electron chi connectivity index (χ2n) is 8.30. The second kappa shape index (κ2) is 9.34. The fourth-order valence-corrected chi connectivity index (χ4v) is 4.54. The summed E-state index contributed by atoms with van der Waals surface area (Å²) in [6.07, 6.45) is 7.36. The van der Waals surface area contributed by atoms with Crippen LogP contribution in [0.25, 0.3) is 22.3 Å². The number of carbonyl (C=O) groups is 1. The van der Waals surface area contributed by atoms with Crippen molar-refractivity contribution in [1.29, 1.82) is 0 Å². The number of carbonyl (C=O) groups excluding carboxylic acids is 1. The lowest BCUT2D eigenvalue weighted by Gasteiger charge is -2.30. The van der Waals surface area contributed by atoms with Gasteiger partial charge in [0.1, 0.15) is 11.5 Å².